The maximum atomic E-state index is 13.0. The number of carbonyl (C=O) groups is 2. The predicted octanol–water partition coefficient (Wildman–Crippen LogP) is 6.68. The number of methoxy groups -OCH3 is 2. The third-order valence-corrected chi connectivity index (χ3v) is 6.74. The summed E-state index contributed by atoms with van der Waals surface area (Å²) in [5.74, 6) is 0.745. The average Bonchev–Trinajstić information content (AvgIpc) is 3.37. The molecule has 0 spiro atoms. The lowest BCUT2D eigenvalue weighted by molar-refractivity contribution is -0.122. The van der Waals surface area contributed by atoms with E-state index in [0.717, 1.165) is 16.7 Å². The minimum atomic E-state index is -0.806. The van der Waals surface area contributed by atoms with Crippen molar-refractivity contribution in [3.63, 3.8) is 0 Å². The van der Waals surface area contributed by atoms with Crippen LogP contribution in [0.3, 0.4) is 0 Å². The number of esters is 1. The summed E-state index contributed by atoms with van der Waals surface area (Å²) in [4.78, 5) is 26.0. The Balaban J connectivity index is 1.53. The zero-order chi connectivity index (χ0) is 27.1. The van der Waals surface area contributed by atoms with Crippen LogP contribution >= 0.6 is 11.3 Å². The average molecular weight is 532 g/mol. The van der Waals surface area contributed by atoms with Crippen LogP contribution in [0.2, 0.25) is 0 Å². The van der Waals surface area contributed by atoms with E-state index in [0.29, 0.717) is 27.8 Å². The molecule has 1 aromatic heterocycles. The number of rotatable bonds is 10. The van der Waals surface area contributed by atoms with E-state index in [1.54, 1.807) is 45.6 Å². The van der Waals surface area contributed by atoms with E-state index >= 15 is 0 Å². The molecule has 7 nitrogen and oxygen atoms in total. The van der Waals surface area contributed by atoms with Crippen LogP contribution in [0.15, 0.2) is 78.2 Å². The second-order valence-electron chi connectivity index (χ2n) is 8.28. The molecule has 0 saturated carbocycles. The lowest BCUT2D eigenvalue weighted by atomic mass is 10.0. The Morgan fingerprint density at radius 3 is 2.18 bits per heavy atom. The minimum Gasteiger partial charge on any atom is -0.493 e. The fraction of sp³-hybridized carbons (Fsp3) is 0.200. The summed E-state index contributed by atoms with van der Waals surface area (Å²) in [5, 5.41) is 5.03. The SMILES string of the molecule is CCOC(=O)c1c(-c2ccc(OC)c(OC)c2)csc1NC(=O)C(C)Oc1ccc(-c2ccccc2)cc1. The number of thiophene rings is 1. The van der Waals surface area contributed by atoms with E-state index < -0.39 is 12.1 Å². The van der Waals surface area contributed by atoms with Crippen LogP contribution in [0.1, 0.15) is 24.2 Å². The maximum absolute atomic E-state index is 13.0. The first-order chi connectivity index (χ1) is 18.4. The first-order valence-electron chi connectivity index (χ1n) is 12.1. The van der Waals surface area contributed by atoms with Crippen molar-refractivity contribution in [2.24, 2.45) is 0 Å². The molecule has 0 fully saturated rings. The number of hydrogen-bond acceptors (Lipinski definition) is 7. The molecule has 1 N–H and O–H groups in total. The smallest absolute Gasteiger partial charge is 0.341 e. The van der Waals surface area contributed by atoms with Crippen LogP contribution in [0.25, 0.3) is 22.3 Å². The van der Waals surface area contributed by atoms with Gasteiger partial charge in [0.2, 0.25) is 0 Å². The van der Waals surface area contributed by atoms with Crippen molar-refractivity contribution in [3.8, 4) is 39.5 Å². The standard InChI is InChI=1S/C30H29NO6S/c1-5-36-30(33)27-24(22-13-16-25(34-3)26(17-22)35-4)18-38-29(27)31-28(32)19(2)37-23-14-11-21(12-15-23)20-9-7-6-8-10-20/h6-19H,5H2,1-4H3,(H,31,32). The Kier molecular flexibility index (Phi) is 8.66. The molecule has 196 valence electrons. The van der Waals surface area contributed by atoms with Gasteiger partial charge in [0.1, 0.15) is 16.3 Å². The molecular weight excluding hydrogens is 502 g/mol. The van der Waals surface area contributed by atoms with E-state index in [1.165, 1.54) is 11.3 Å². The molecule has 1 amide bonds. The van der Waals surface area contributed by atoms with Crippen molar-refractivity contribution < 1.29 is 28.5 Å². The van der Waals surface area contributed by atoms with Gasteiger partial charge in [0, 0.05) is 10.9 Å². The highest BCUT2D eigenvalue weighted by Crippen LogP contribution is 2.39. The van der Waals surface area contributed by atoms with Crippen molar-refractivity contribution in [2.45, 2.75) is 20.0 Å². The van der Waals surface area contributed by atoms with Crippen molar-refractivity contribution in [1.82, 2.24) is 0 Å². The molecule has 0 aliphatic heterocycles. The van der Waals surface area contributed by atoms with E-state index in [2.05, 4.69) is 5.32 Å². The Labute approximate surface area is 225 Å². The van der Waals surface area contributed by atoms with Crippen molar-refractivity contribution >= 4 is 28.2 Å². The lowest BCUT2D eigenvalue weighted by Crippen LogP contribution is -2.30. The highest BCUT2D eigenvalue weighted by Gasteiger charge is 2.25. The molecule has 4 rings (SSSR count). The second kappa shape index (κ2) is 12.3. The zero-order valence-corrected chi connectivity index (χ0v) is 22.5. The number of anilines is 1. The second-order valence-corrected chi connectivity index (χ2v) is 9.16. The van der Waals surface area contributed by atoms with Crippen molar-refractivity contribution in [2.75, 3.05) is 26.1 Å². The van der Waals surface area contributed by atoms with Crippen LogP contribution in [-0.2, 0) is 9.53 Å². The third kappa shape index (κ3) is 5.98. The van der Waals surface area contributed by atoms with Gasteiger partial charge in [0.25, 0.3) is 5.91 Å². The van der Waals surface area contributed by atoms with Crippen molar-refractivity contribution in [1.29, 1.82) is 0 Å². The fourth-order valence-corrected chi connectivity index (χ4v) is 4.86. The van der Waals surface area contributed by atoms with Gasteiger partial charge in [-0.2, -0.15) is 0 Å². The van der Waals surface area contributed by atoms with Gasteiger partial charge < -0.3 is 24.3 Å². The molecule has 1 unspecified atom stereocenters. The van der Waals surface area contributed by atoms with E-state index in [1.807, 2.05) is 60.7 Å². The number of ether oxygens (including phenoxy) is 4. The number of nitrogens with one attached hydrogen (secondary N) is 1. The molecule has 3 aromatic carbocycles. The van der Waals surface area contributed by atoms with Gasteiger partial charge in [0.05, 0.1) is 20.8 Å². The fourth-order valence-electron chi connectivity index (χ4n) is 3.90. The first kappa shape index (κ1) is 26.8. The molecule has 0 bridgehead atoms. The van der Waals surface area contributed by atoms with Gasteiger partial charge in [-0.1, -0.05) is 48.5 Å². The van der Waals surface area contributed by atoms with Gasteiger partial charge in [-0.3, -0.25) is 4.79 Å². The highest BCUT2D eigenvalue weighted by molar-refractivity contribution is 7.15. The summed E-state index contributed by atoms with van der Waals surface area (Å²) in [6.07, 6.45) is -0.806. The third-order valence-electron chi connectivity index (χ3n) is 5.85. The molecule has 1 atom stereocenters. The molecule has 1 heterocycles. The molecule has 0 radical (unpaired) electrons. The minimum absolute atomic E-state index is 0.200. The monoisotopic (exact) mass is 531 g/mol. The number of carbonyl (C=O) groups excluding carboxylic acids is 2. The van der Waals surface area contributed by atoms with Gasteiger partial charge in [-0.05, 0) is 54.8 Å². The van der Waals surface area contributed by atoms with Crippen LogP contribution in [0.5, 0.6) is 17.2 Å². The first-order valence-corrected chi connectivity index (χ1v) is 13.0. The van der Waals surface area contributed by atoms with Gasteiger partial charge in [-0.25, -0.2) is 4.79 Å². The van der Waals surface area contributed by atoms with Crippen LogP contribution in [0.4, 0.5) is 5.00 Å². The van der Waals surface area contributed by atoms with Gasteiger partial charge in [0.15, 0.2) is 17.6 Å². The van der Waals surface area contributed by atoms with Gasteiger partial charge in [-0.15, -0.1) is 11.3 Å². The van der Waals surface area contributed by atoms with Gasteiger partial charge >= 0.3 is 5.97 Å². The maximum Gasteiger partial charge on any atom is 0.341 e. The topological polar surface area (TPSA) is 83.1 Å². The Morgan fingerprint density at radius 1 is 0.868 bits per heavy atom. The lowest BCUT2D eigenvalue weighted by Gasteiger charge is -2.15. The number of amides is 1. The molecule has 0 aliphatic carbocycles. The van der Waals surface area contributed by atoms with E-state index in [-0.39, 0.29) is 18.1 Å². The summed E-state index contributed by atoms with van der Waals surface area (Å²) in [6, 6.07) is 22.9. The summed E-state index contributed by atoms with van der Waals surface area (Å²) in [5.41, 5.74) is 3.77. The molecule has 8 heteroatoms. The zero-order valence-electron chi connectivity index (χ0n) is 21.6. The van der Waals surface area contributed by atoms with Crippen LogP contribution in [-0.4, -0.2) is 38.8 Å². The summed E-state index contributed by atoms with van der Waals surface area (Å²) in [6.45, 7) is 3.59. The normalized spacial score (nSPS) is 11.4. The Bertz CT molecular complexity index is 1400. The molecule has 0 saturated heterocycles. The summed E-state index contributed by atoms with van der Waals surface area (Å²) in [7, 11) is 3.10. The Hall–Kier alpha value is -4.30. The molecule has 0 aliphatic rings. The van der Waals surface area contributed by atoms with E-state index in [9.17, 15) is 9.59 Å². The Morgan fingerprint density at radius 2 is 1.53 bits per heavy atom. The largest absolute Gasteiger partial charge is 0.493 e. The van der Waals surface area contributed by atoms with Crippen LogP contribution in [0, 0.1) is 0 Å². The summed E-state index contributed by atoms with van der Waals surface area (Å²) >= 11 is 1.24. The number of hydrogen-bond donors (Lipinski definition) is 1. The molecular formula is C30H29NO6S. The molecule has 4 aromatic rings. The number of benzene rings is 3. The molecule has 38 heavy (non-hydrogen) atoms. The van der Waals surface area contributed by atoms with Crippen molar-refractivity contribution in [3.05, 3.63) is 83.7 Å². The quantitative estimate of drug-likeness (QED) is 0.230. The van der Waals surface area contributed by atoms with Crippen LogP contribution < -0.4 is 19.5 Å². The highest BCUT2D eigenvalue weighted by atomic mass is 32.1. The van der Waals surface area contributed by atoms with E-state index in [4.69, 9.17) is 18.9 Å². The summed E-state index contributed by atoms with van der Waals surface area (Å²) < 4.78 is 21.9. The predicted molar refractivity (Wildman–Crippen MR) is 149 cm³/mol.